The fraction of sp³-hybridized carbons (Fsp3) is 0.625. The van der Waals surface area contributed by atoms with Gasteiger partial charge in [0.1, 0.15) is 0 Å². The van der Waals surface area contributed by atoms with Crippen LogP contribution in [-0.4, -0.2) is 30.0 Å². The van der Waals surface area contributed by atoms with Crippen molar-refractivity contribution in [3.05, 3.63) is 9.26 Å². The van der Waals surface area contributed by atoms with Gasteiger partial charge in [0, 0.05) is 0 Å². The first-order chi connectivity index (χ1) is 6.73. The van der Waals surface area contributed by atoms with E-state index in [4.69, 9.17) is 4.74 Å². The molecule has 86 valence electrons. The molecule has 1 rings (SSSR count). The van der Waals surface area contributed by atoms with E-state index in [1.54, 1.807) is 6.92 Å². The molecule has 0 amide bonds. The molecule has 1 heterocycles. The quantitative estimate of drug-likeness (QED) is 0.778. The van der Waals surface area contributed by atoms with E-state index in [1.807, 2.05) is 36.4 Å². The molecule has 0 aliphatic heterocycles. The lowest BCUT2D eigenvalue weighted by Gasteiger charge is -2.05. The third kappa shape index (κ3) is 2.83. The van der Waals surface area contributed by atoms with E-state index in [-0.39, 0.29) is 6.10 Å². The fourth-order valence-electron chi connectivity index (χ4n) is 1.06. The van der Waals surface area contributed by atoms with E-state index >= 15 is 0 Å². The zero-order valence-corrected chi connectivity index (χ0v) is 12.0. The Morgan fingerprint density at radius 2 is 2.00 bits per heavy atom. The van der Waals surface area contributed by atoms with Crippen molar-refractivity contribution in [2.75, 3.05) is 6.26 Å². The van der Waals surface area contributed by atoms with Crippen molar-refractivity contribution < 1.29 is 13.2 Å². The highest BCUT2D eigenvalue weighted by molar-refractivity contribution is 14.1. The van der Waals surface area contributed by atoms with Crippen molar-refractivity contribution in [3.63, 3.8) is 0 Å². The van der Waals surface area contributed by atoms with Crippen LogP contribution in [0, 0.1) is 10.5 Å². The third-order valence-corrected chi connectivity index (χ3v) is 3.86. The van der Waals surface area contributed by atoms with Gasteiger partial charge in [-0.15, -0.1) is 5.10 Å². The molecule has 0 saturated carbocycles. The zero-order chi connectivity index (χ0) is 11.8. The van der Waals surface area contributed by atoms with E-state index in [9.17, 15) is 8.42 Å². The standard InChI is InChI=1S/C8H13IN2O3S/c1-5(2)14-8-7(9)6(3)11(10-8)15(4,12)13/h5H,1-4H3. The Morgan fingerprint density at radius 1 is 1.47 bits per heavy atom. The normalized spacial score (nSPS) is 12.1. The second-order valence-electron chi connectivity index (χ2n) is 3.48. The summed E-state index contributed by atoms with van der Waals surface area (Å²) in [5, 5.41) is 3.92. The molecule has 5 nitrogen and oxygen atoms in total. The van der Waals surface area contributed by atoms with Gasteiger partial charge in [-0.25, -0.2) is 8.42 Å². The van der Waals surface area contributed by atoms with Crippen molar-refractivity contribution in [1.29, 1.82) is 0 Å². The average Bonchev–Trinajstić information content (AvgIpc) is 2.30. The molecule has 0 aliphatic carbocycles. The van der Waals surface area contributed by atoms with Gasteiger partial charge in [-0.3, -0.25) is 0 Å². The van der Waals surface area contributed by atoms with E-state index in [0.717, 1.165) is 13.9 Å². The van der Waals surface area contributed by atoms with Gasteiger partial charge in [-0.2, -0.15) is 4.09 Å². The molecule has 0 radical (unpaired) electrons. The monoisotopic (exact) mass is 344 g/mol. The van der Waals surface area contributed by atoms with Crippen LogP contribution in [0.15, 0.2) is 0 Å². The molecule has 0 fully saturated rings. The summed E-state index contributed by atoms with van der Waals surface area (Å²) in [6.07, 6.45) is 1.09. The van der Waals surface area contributed by atoms with Crippen LogP contribution in [0.1, 0.15) is 19.5 Å². The molecule has 0 unspecified atom stereocenters. The first kappa shape index (κ1) is 12.8. The maximum absolute atomic E-state index is 11.3. The summed E-state index contributed by atoms with van der Waals surface area (Å²) >= 11 is 2.03. The second-order valence-corrected chi connectivity index (χ2v) is 6.37. The van der Waals surface area contributed by atoms with E-state index in [0.29, 0.717) is 11.6 Å². The number of rotatable bonds is 3. The van der Waals surface area contributed by atoms with Crippen LogP contribution >= 0.6 is 22.6 Å². The largest absolute Gasteiger partial charge is 0.473 e. The molecule has 1 aromatic heterocycles. The van der Waals surface area contributed by atoms with Crippen LogP contribution in [0.2, 0.25) is 0 Å². The minimum atomic E-state index is -3.35. The summed E-state index contributed by atoms with van der Waals surface area (Å²) in [4.78, 5) is 0. The van der Waals surface area contributed by atoms with Crippen molar-refractivity contribution in [2.45, 2.75) is 26.9 Å². The Labute approximate surface area is 103 Å². The van der Waals surface area contributed by atoms with Crippen LogP contribution in [0.3, 0.4) is 0 Å². The molecule has 1 aromatic rings. The predicted octanol–water partition coefficient (Wildman–Crippen LogP) is 1.39. The molecule has 0 saturated heterocycles. The highest BCUT2D eigenvalue weighted by atomic mass is 127. The number of nitrogens with zero attached hydrogens (tertiary/aromatic N) is 2. The topological polar surface area (TPSA) is 61.2 Å². The van der Waals surface area contributed by atoms with Crippen LogP contribution < -0.4 is 4.74 Å². The molecule has 7 heteroatoms. The zero-order valence-electron chi connectivity index (χ0n) is 8.98. The molecule has 0 bridgehead atoms. The summed E-state index contributed by atoms with van der Waals surface area (Å²) in [7, 11) is -3.35. The van der Waals surface area contributed by atoms with Crippen molar-refractivity contribution in [3.8, 4) is 5.88 Å². The Bertz CT molecular complexity index is 464. The van der Waals surface area contributed by atoms with Crippen molar-refractivity contribution in [1.82, 2.24) is 9.19 Å². The Morgan fingerprint density at radius 3 is 2.33 bits per heavy atom. The molecule has 0 aromatic carbocycles. The first-order valence-electron chi connectivity index (χ1n) is 4.35. The van der Waals surface area contributed by atoms with Gasteiger partial charge in [0.15, 0.2) is 0 Å². The molecule has 0 atom stereocenters. The first-order valence-corrected chi connectivity index (χ1v) is 7.28. The van der Waals surface area contributed by atoms with Crippen LogP contribution in [0.4, 0.5) is 0 Å². The second kappa shape index (κ2) is 4.28. The number of hydrogen-bond acceptors (Lipinski definition) is 4. The number of ether oxygens (including phenoxy) is 1. The van der Waals surface area contributed by atoms with Gasteiger partial charge in [0.05, 0.1) is 21.6 Å². The van der Waals surface area contributed by atoms with Crippen LogP contribution in [0.25, 0.3) is 0 Å². The maximum atomic E-state index is 11.3. The lowest BCUT2D eigenvalue weighted by molar-refractivity contribution is 0.230. The number of halogens is 1. The van der Waals surface area contributed by atoms with Gasteiger partial charge in [0.2, 0.25) is 5.88 Å². The van der Waals surface area contributed by atoms with Crippen molar-refractivity contribution >= 4 is 32.6 Å². The highest BCUT2D eigenvalue weighted by Crippen LogP contribution is 2.24. The van der Waals surface area contributed by atoms with Gasteiger partial charge in [0.25, 0.3) is 10.0 Å². The molecule has 0 aliphatic rings. The summed E-state index contributed by atoms with van der Waals surface area (Å²) in [5.74, 6) is 0.369. The van der Waals surface area contributed by atoms with Crippen LogP contribution in [-0.2, 0) is 10.0 Å². The highest BCUT2D eigenvalue weighted by Gasteiger charge is 2.19. The lowest BCUT2D eigenvalue weighted by atomic mass is 10.4. The molecule has 0 N–H and O–H groups in total. The van der Waals surface area contributed by atoms with Gasteiger partial charge < -0.3 is 4.74 Å². The average molecular weight is 344 g/mol. The summed E-state index contributed by atoms with van der Waals surface area (Å²) in [6.45, 7) is 5.43. The molecular weight excluding hydrogens is 331 g/mol. The molecule has 15 heavy (non-hydrogen) atoms. The summed E-state index contributed by atoms with van der Waals surface area (Å²) in [5.41, 5.74) is 0.578. The predicted molar refractivity (Wildman–Crippen MR) is 65.7 cm³/mol. The Balaban J connectivity index is 3.25. The Hall–Kier alpha value is -0.310. The van der Waals surface area contributed by atoms with E-state index in [2.05, 4.69) is 5.10 Å². The van der Waals surface area contributed by atoms with Gasteiger partial charge in [-0.05, 0) is 43.4 Å². The third-order valence-electron chi connectivity index (χ3n) is 1.64. The number of aromatic nitrogens is 2. The minimum absolute atomic E-state index is 0.0270. The smallest absolute Gasteiger partial charge is 0.251 e. The fourth-order valence-corrected chi connectivity index (χ4v) is 2.50. The van der Waals surface area contributed by atoms with Gasteiger partial charge in [-0.1, -0.05) is 0 Å². The Kier molecular flexibility index (Phi) is 3.64. The summed E-state index contributed by atoms with van der Waals surface area (Å²) < 4.78 is 29.8. The number of hydrogen-bond donors (Lipinski definition) is 0. The molecule has 0 spiro atoms. The van der Waals surface area contributed by atoms with Crippen LogP contribution in [0.5, 0.6) is 5.88 Å². The SMILES string of the molecule is Cc1c(I)c(OC(C)C)nn1S(C)(=O)=O. The van der Waals surface area contributed by atoms with Crippen molar-refractivity contribution in [2.24, 2.45) is 0 Å². The maximum Gasteiger partial charge on any atom is 0.251 e. The lowest BCUT2D eigenvalue weighted by Crippen LogP contribution is -2.14. The minimum Gasteiger partial charge on any atom is -0.473 e. The van der Waals surface area contributed by atoms with E-state index < -0.39 is 10.0 Å². The van der Waals surface area contributed by atoms with E-state index in [1.165, 1.54) is 0 Å². The summed E-state index contributed by atoms with van der Waals surface area (Å²) in [6, 6.07) is 0. The van der Waals surface area contributed by atoms with Gasteiger partial charge >= 0.3 is 0 Å². The molecular formula is C8H13IN2O3S.